The molecule has 0 saturated carbocycles. The first-order valence-corrected chi connectivity index (χ1v) is 10.7. The average molecular weight is 468 g/mol. The van der Waals surface area contributed by atoms with Crippen molar-refractivity contribution >= 4 is 59.9 Å². The fraction of sp³-hybridized carbons (Fsp3) is 0.368. The Morgan fingerprint density at radius 3 is 2.39 bits per heavy atom. The molecule has 2 aromatic rings. The molecule has 12 heteroatoms. The maximum atomic E-state index is 12.2. The lowest BCUT2D eigenvalue weighted by molar-refractivity contribution is -0.141. The van der Waals surface area contributed by atoms with E-state index in [9.17, 15) is 24.3 Å². The molecule has 10 nitrogen and oxygen atoms in total. The van der Waals surface area contributed by atoms with Gasteiger partial charge in [-0.25, -0.2) is 4.79 Å². The summed E-state index contributed by atoms with van der Waals surface area (Å²) in [5.74, 6) is -3.02. The Bertz CT molecular complexity index is 951. The number of thiol groups is 2. The number of fused-ring (bicyclic) bond motifs is 1. The molecule has 1 heterocycles. The normalized spacial score (nSPS) is 13.8. The van der Waals surface area contributed by atoms with Crippen molar-refractivity contribution in [3.8, 4) is 0 Å². The number of carbonyl (C=O) groups excluding carboxylic acids is 3. The Balaban J connectivity index is 1.92. The van der Waals surface area contributed by atoms with Crippen LogP contribution in [0.3, 0.4) is 0 Å². The first-order chi connectivity index (χ1) is 14.8. The van der Waals surface area contributed by atoms with Gasteiger partial charge in [0.05, 0.1) is 12.6 Å². The fourth-order valence-electron chi connectivity index (χ4n) is 2.81. The van der Waals surface area contributed by atoms with Crippen molar-refractivity contribution in [2.75, 3.05) is 18.1 Å². The maximum absolute atomic E-state index is 12.2. The summed E-state index contributed by atoms with van der Waals surface area (Å²) >= 11 is 7.93. The van der Waals surface area contributed by atoms with Crippen molar-refractivity contribution in [1.82, 2.24) is 20.9 Å². The quantitative estimate of drug-likeness (QED) is 0.199. The molecule has 3 atom stereocenters. The zero-order valence-electron chi connectivity index (χ0n) is 16.5. The third-order valence-corrected chi connectivity index (χ3v) is 5.26. The van der Waals surface area contributed by atoms with E-state index in [1.807, 2.05) is 24.3 Å². The molecule has 3 amide bonds. The van der Waals surface area contributed by atoms with Gasteiger partial charge in [0.15, 0.2) is 0 Å². The number of carboxylic acid groups (broad SMARTS) is 1. The van der Waals surface area contributed by atoms with Crippen molar-refractivity contribution in [3.63, 3.8) is 0 Å². The average Bonchev–Trinajstić information content (AvgIpc) is 3.17. The van der Waals surface area contributed by atoms with Crippen LogP contribution in [0.15, 0.2) is 30.5 Å². The van der Waals surface area contributed by atoms with Crippen LogP contribution >= 0.6 is 25.3 Å². The molecule has 0 aliphatic rings. The molecule has 7 N–H and O–H groups in total. The van der Waals surface area contributed by atoms with Gasteiger partial charge in [-0.2, -0.15) is 25.3 Å². The Morgan fingerprint density at radius 1 is 1.03 bits per heavy atom. The second kappa shape index (κ2) is 11.6. The van der Waals surface area contributed by atoms with Crippen LogP contribution in [-0.2, 0) is 25.6 Å². The minimum absolute atomic E-state index is 0.0171. The maximum Gasteiger partial charge on any atom is 0.326 e. The standard InChI is InChI=1S/C19H25N5O5S2/c20-12(8-30)17(26)24-15(9-31)18(27)22-7-16(25)23-14(19(28)29)5-10-6-21-13-4-2-1-3-11(10)13/h1-4,6,12,14-15,21,30-31H,5,7-9,20H2,(H,22,27)(H,23,25)(H,24,26)(H,28,29). The Hall–Kier alpha value is -2.70. The third kappa shape index (κ3) is 6.91. The zero-order chi connectivity index (χ0) is 23.0. The van der Waals surface area contributed by atoms with Crippen LogP contribution in [-0.4, -0.2) is 70.0 Å². The van der Waals surface area contributed by atoms with Gasteiger partial charge in [0, 0.05) is 35.0 Å². The molecule has 0 radical (unpaired) electrons. The Morgan fingerprint density at radius 2 is 1.74 bits per heavy atom. The number of amides is 3. The lowest BCUT2D eigenvalue weighted by Crippen LogP contribution is -2.54. The third-order valence-electron chi connectivity index (χ3n) is 4.50. The van der Waals surface area contributed by atoms with Crippen molar-refractivity contribution in [3.05, 3.63) is 36.0 Å². The van der Waals surface area contributed by atoms with Gasteiger partial charge in [-0.3, -0.25) is 14.4 Å². The van der Waals surface area contributed by atoms with E-state index in [1.165, 1.54) is 0 Å². The fourth-order valence-corrected chi connectivity index (χ4v) is 3.24. The van der Waals surface area contributed by atoms with Gasteiger partial charge in [0.1, 0.15) is 12.1 Å². The molecule has 1 aromatic heterocycles. The smallest absolute Gasteiger partial charge is 0.326 e. The number of aromatic nitrogens is 1. The predicted octanol–water partition coefficient (Wildman–Crippen LogP) is -0.932. The highest BCUT2D eigenvalue weighted by atomic mass is 32.1. The molecule has 168 valence electrons. The van der Waals surface area contributed by atoms with E-state index in [4.69, 9.17) is 5.73 Å². The summed E-state index contributed by atoms with van der Waals surface area (Å²) < 4.78 is 0. The van der Waals surface area contributed by atoms with Gasteiger partial charge >= 0.3 is 5.97 Å². The number of aliphatic carboxylic acids is 1. The second-order valence-corrected chi connectivity index (χ2v) is 7.50. The van der Waals surface area contributed by atoms with Crippen LogP contribution in [0, 0.1) is 0 Å². The van der Waals surface area contributed by atoms with E-state index in [0.717, 1.165) is 16.5 Å². The number of nitrogens with two attached hydrogens (primary N) is 1. The molecule has 3 unspecified atom stereocenters. The zero-order valence-corrected chi connectivity index (χ0v) is 18.3. The molecular weight excluding hydrogens is 442 g/mol. The van der Waals surface area contributed by atoms with E-state index in [-0.39, 0.29) is 17.9 Å². The Labute approximate surface area is 189 Å². The summed E-state index contributed by atoms with van der Waals surface area (Å²) in [5.41, 5.74) is 7.15. The summed E-state index contributed by atoms with van der Waals surface area (Å²) in [6.07, 6.45) is 1.76. The van der Waals surface area contributed by atoms with Gasteiger partial charge in [-0.05, 0) is 11.6 Å². The van der Waals surface area contributed by atoms with Crippen molar-refractivity contribution in [1.29, 1.82) is 0 Å². The first kappa shape index (κ1) is 24.6. The van der Waals surface area contributed by atoms with E-state index in [0.29, 0.717) is 0 Å². The summed E-state index contributed by atoms with van der Waals surface area (Å²) in [7, 11) is 0. The van der Waals surface area contributed by atoms with Crippen LogP contribution in [0.4, 0.5) is 0 Å². The highest BCUT2D eigenvalue weighted by Gasteiger charge is 2.24. The highest BCUT2D eigenvalue weighted by molar-refractivity contribution is 7.80. The molecule has 0 bridgehead atoms. The molecular formula is C19H25N5O5S2. The first-order valence-electron chi connectivity index (χ1n) is 9.39. The number of para-hydroxylation sites is 1. The van der Waals surface area contributed by atoms with E-state index >= 15 is 0 Å². The Kier molecular flexibility index (Phi) is 9.21. The van der Waals surface area contributed by atoms with Crippen molar-refractivity contribution in [2.24, 2.45) is 5.73 Å². The molecule has 0 aliphatic carbocycles. The van der Waals surface area contributed by atoms with Crippen LogP contribution in [0.5, 0.6) is 0 Å². The molecule has 1 aromatic carbocycles. The molecule has 0 aliphatic heterocycles. The number of H-pyrrole nitrogens is 1. The number of carboxylic acids is 1. The number of nitrogens with one attached hydrogen (secondary N) is 4. The molecule has 0 saturated heterocycles. The number of benzene rings is 1. The minimum Gasteiger partial charge on any atom is -0.480 e. The van der Waals surface area contributed by atoms with E-state index in [1.54, 1.807) is 6.20 Å². The number of carbonyl (C=O) groups is 4. The number of hydrogen-bond acceptors (Lipinski definition) is 7. The largest absolute Gasteiger partial charge is 0.480 e. The molecule has 31 heavy (non-hydrogen) atoms. The van der Waals surface area contributed by atoms with Crippen molar-refractivity contribution in [2.45, 2.75) is 24.5 Å². The second-order valence-electron chi connectivity index (χ2n) is 6.77. The lowest BCUT2D eigenvalue weighted by Gasteiger charge is -2.19. The van der Waals surface area contributed by atoms with Gasteiger partial charge in [-0.15, -0.1) is 0 Å². The van der Waals surface area contributed by atoms with Crippen molar-refractivity contribution < 1.29 is 24.3 Å². The van der Waals surface area contributed by atoms with Crippen LogP contribution in [0.25, 0.3) is 10.9 Å². The van der Waals surface area contributed by atoms with Crippen LogP contribution < -0.4 is 21.7 Å². The number of hydrogen-bond donors (Lipinski definition) is 8. The van der Waals surface area contributed by atoms with Crippen LogP contribution in [0.2, 0.25) is 0 Å². The number of aromatic amines is 1. The predicted molar refractivity (Wildman–Crippen MR) is 122 cm³/mol. The van der Waals surface area contributed by atoms with Gasteiger partial charge in [-0.1, -0.05) is 18.2 Å². The van der Waals surface area contributed by atoms with Crippen LogP contribution in [0.1, 0.15) is 5.56 Å². The summed E-state index contributed by atoms with van der Waals surface area (Å²) in [4.78, 5) is 50.9. The van der Waals surface area contributed by atoms with E-state index < -0.39 is 48.4 Å². The summed E-state index contributed by atoms with van der Waals surface area (Å²) in [6.45, 7) is -0.463. The van der Waals surface area contributed by atoms with Gasteiger partial charge in [0.2, 0.25) is 17.7 Å². The summed E-state index contributed by atoms with van der Waals surface area (Å²) in [6, 6.07) is 4.34. The van der Waals surface area contributed by atoms with Gasteiger partial charge < -0.3 is 31.8 Å². The number of rotatable bonds is 11. The SMILES string of the molecule is NC(CS)C(=O)NC(CS)C(=O)NCC(=O)NC(Cc1c[nH]c2ccccc12)C(=O)O. The summed E-state index contributed by atoms with van der Waals surface area (Å²) in [5, 5.41) is 17.5. The highest BCUT2D eigenvalue weighted by Crippen LogP contribution is 2.19. The monoisotopic (exact) mass is 467 g/mol. The van der Waals surface area contributed by atoms with Gasteiger partial charge in [0.25, 0.3) is 0 Å². The lowest BCUT2D eigenvalue weighted by atomic mass is 10.0. The molecule has 2 rings (SSSR count). The minimum atomic E-state index is -1.20. The molecule has 0 spiro atoms. The topological polar surface area (TPSA) is 166 Å². The van der Waals surface area contributed by atoms with E-state index in [2.05, 4.69) is 46.2 Å². The molecule has 0 fully saturated rings.